The Balaban J connectivity index is 2.26. The Bertz CT molecular complexity index is 762. The van der Waals surface area contributed by atoms with Crippen LogP contribution in [-0.2, 0) is 4.74 Å². The summed E-state index contributed by atoms with van der Waals surface area (Å²) in [5, 5.41) is 3.09. The van der Waals surface area contributed by atoms with Gasteiger partial charge in [-0.2, -0.15) is 0 Å². The van der Waals surface area contributed by atoms with E-state index in [0.717, 1.165) is 11.3 Å². The Morgan fingerprint density at radius 1 is 1.21 bits per heavy atom. The lowest BCUT2D eigenvalue weighted by atomic mass is 10.2. The monoisotopic (exact) mass is 346 g/mol. The second-order valence-electron chi connectivity index (χ2n) is 5.20. The quantitative estimate of drug-likeness (QED) is 0.829. The molecule has 0 aliphatic heterocycles. The summed E-state index contributed by atoms with van der Waals surface area (Å²) < 4.78 is 4.68. The van der Waals surface area contributed by atoms with E-state index < -0.39 is 5.97 Å². The van der Waals surface area contributed by atoms with Crippen LogP contribution in [0.1, 0.15) is 22.8 Å². The summed E-state index contributed by atoms with van der Waals surface area (Å²) in [4.78, 5) is 25.8. The van der Waals surface area contributed by atoms with Gasteiger partial charge < -0.3 is 10.1 Å². The lowest BCUT2D eigenvalue weighted by Crippen LogP contribution is -2.34. The number of amides is 2. The number of esters is 1. The highest BCUT2D eigenvalue weighted by Gasteiger charge is 2.17. The molecule has 6 heteroatoms. The zero-order chi connectivity index (χ0) is 17.7. The Morgan fingerprint density at radius 3 is 2.58 bits per heavy atom. The Morgan fingerprint density at radius 2 is 1.96 bits per heavy atom. The van der Waals surface area contributed by atoms with Crippen molar-refractivity contribution >= 4 is 35.0 Å². The molecule has 0 aliphatic rings. The molecule has 0 radical (unpaired) electrons. The first-order chi connectivity index (χ1) is 11.5. The molecule has 0 aliphatic carbocycles. The number of benzene rings is 2. The summed E-state index contributed by atoms with van der Waals surface area (Å²) in [7, 11) is 1.30. The number of urea groups is 1. The van der Waals surface area contributed by atoms with Gasteiger partial charge in [-0.1, -0.05) is 23.7 Å². The van der Waals surface area contributed by atoms with Gasteiger partial charge in [0.15, 0.2) is 0 Å². The number of aryl methyl sites for hydroxylation is 1. The van der Waals surface area contributed by atoms with Gasteiger partial charge in [0.1, 0.15) is 0 Å². The van der Waals surface area contributed by atoms with Crippen LogP contribution in [0.25, 0.3) is 0 Å². The van der Waals surface area contributed by atoms with E-state index in [9.17, 15) is 9.59 Å². The Hall–Kier alpha value is -2.53. The molecular weight excluding hydrogens is 328 g/mol. The SMILES string of the molecule is CCN(C(=O)Nc1cc(C(=O)OC)ccc1Cl)c1cccc(C)c1. The molecule has 2 aromatic carbocycles. The van der Waals surface area contributed by atoms with Crippen molar-refractivity contribution < 1.29 is 14.3 Å². The fourth-order valence-electron chi connectivity index (χ4n) is 2.29. The van der Waals surface area contributed by atoms with Crippen LogP contribution in [0.4, 0.5) is 16.2 Å². The highest BCUT2D eigenvalue weighted by molar-refractivity contribution is 6.34. The van der Waals surface area contributed by atoms with Crippen LogP contribution in [0.3, 0.4) is 0 Å². The first kappa shape index (κ1) is 17.8. The number of ether oxygens (including phenoxy) is 1. The van der Waals surface area contributed by atoms with Crippen molar-refractivity contribution in [3.63, 3.8) is 0 Å². The van der Waals surface area contributed by atoms with Crippen LogP contribution >= 0.6 is 11.6 Å². The number of nitrogens with zero attached hydrogens (tertiary/aromatic N) is 1. The van der Waals surface area contributed by atoms with Gasteiger partial charge in [0, 0.05) is 12.2 Å². The average Bonchev–Trinajstić information content (AvgIpc) is 2.57. The predicted molar refractivity (Wildman–Crippen MR) is 96.0 cm³/mol. The Labute approximate surface area is 146 Å². The molecular formula is C18H19ClN2O3. The van der Waals surface area contributed by atoms with E-state index in [1.165, 1.54) is 13.2 Å². The van der Waals surface area contributed by atoms with E-state index in [1.807, 2.05) is 38.1 Å². The first-order valence-corrected chi connectivity index (χ1v) is 7.87. The largest absolute Gasteiger partial charge is 0.465 e. The number of carbonyl (C=O) groups excluding carboxylic acids is 2. The van der Waals surface area contributed by atoms with Crippen molar-refractivity contribution in [1.82, 2.24) is 0 Å². The van der Waals surface area contributed by atoms with Crippen molar-refractivity contribution in [2.45, 2.75) is 13.8 Å². The number of carbonyl (C=O) groups is 2. The normalized spacial score (nSPS) is 10.2. The Kier molecular flexibility index (Phi) is 5.82. The van der Waals surface area contributed by atoms with Crippen molar-refractivity contribution in [3.05, 3.63) is 58.6 Å². The first-order valence-electron chi connectivity index (χ1n) is 7.49. The maximum atomic E-state index is 12.6. The summed E-state index contributed by atoms with van der Waals surface area (Å²) in [5.41, 5.74) is 2.52. The predicted octanol–water partition coefficient (Wildman–Crippen LogP) is 4.49. The number of hydrogen-bond donors (Lipinski definition) is 1. The molecule has 0 saturated heterocycles. The van der Waals surface area contributed by atoms with Gasteiger partial charge in [0.25, 0.3) is 0 Å². The molecule has 5 nitrogen and oxygen atoms in total. The zero-order valence-electron chi connectivity index (χ0n) is 13.8. The molecule has 0 unspecified atom stereocenters. The van der Waals surface area contributed by atoms with Gasteiger partial charge in [-0.05, 0) is 49.7 Å². The smallest absolute Gasteiger partial charge is 0.337 e. The third-order valence-corrected chi connectivity index (χ3v) is 3.83. The molecule has 24 heavy (non-hydrogen) atoms. The summed E-state index contributed by atoms with van der Waals surface area (Å²) in [6.07, 6.45) is 0. The molecule has 0 heterocycles. The molecule has 2 aromatic rings. The van der Waals surface area contributed by atoms with Gasteiger partial charge in [-0.25, -0.2) is 9.59 Å². The highest BCUT2D eigenvalue weighted by atomic mass is 35.5. The molecule has 2 rings (SSSR count). The van der Waals surface area contributed by atoms with E-state index in [0.29, 0.717) is 22.8 Å². The van der Waals surface area contributed by atoms with Crippen LogP contribution in [0, 0.1) is 6.92 Å². The molecule has 126 valence electrons. The van der Waals surface area contributed by atoms with Crippen molar-refractivity contribution in [2.24, 2.45) is 0 Å². The molecule has 0 aromatic heterocycles. The van der Waals surface area contributed by atoms with Crippen LogP contribution < -0.4 is 10.2 Å². The standard InChI is InChI=1S/C18H19ClN2O3/c1-4-21(14-7-5-6-12(2)10-14)18(23)20-16-11-13(17(22)24-3)8-9-15(16)19/h5-11H,4H2,1-3H3,(H,20,23). The fourth-order valence-corrected chi connectivity index (χ4v) is 2.45. The highest BCUT2D eigenvalue weighted by Crippen LogP contribution is 2.25. The van der Waals surface area contributed by atoms with E-state index in [1.54, 1.807) is 17.0 Å². The van der Waals surface area contributed by atoms with E-state index >= 15 is 0 Å². The van der Waals surface area contributed by atoms with Crippen molar-refractivity contribution in [3.8, 4) is 0 Å². The summed E-state index contributed by atoms with van der Waals surface area (Å²) in [5.74, 6) is -0.492. The number of nitrogens with one attached hydrogen (secondary N) is 1. The number of hydrogen-bond acceptors (Lipinski definition) is 3. The zero-order valence-corrected chi connectivity index (χ0v) is 14.6. The third-order valence-electron chi connectivity index (χ3n) is 3.50. The van der Waals surface area contributed by atoms with Crippen molar-refractivity contribution in [2.75, 3.05) is 23.9 Å². The number of rotatable bonds is 4. The molecule has 2 amide bonds. The minimum absolute atomic E-state index is 0.316. The average molecular weight is 347 g/mol. The number of methoxy groups -OCH3 is 1. The summed E-state index contributed by atoms with van der Waals surface area (Å²) >= 11 is 6.12. The molecule has 0 saturated carbocycles. The lowest BCUT2D eigenvalue weighted by Gasteiger charge is -2.22. The molecule has 0 atom stereocenters. The lowest BCUT2D eigenvalue weighted by molar-refractivity contribution is 0.0600. The van der Waals surface area contributed by atoms with Crippen LogP contribution in [-0.4, -0.2) is 25.7 Å². The maximum Gasteiger partial charge on any atom is 0.337 e. The summed E-state index contributed by atoms with van der Waals surface area (Å²) in [6, 6.07) is 11.9. The van der Waals surface area contributed by atoms with Gasteiger partial charge >= 0.3 is 12.0 Å². The minimum atomic E-state index is -0.492. The minimum Gasteiger partial charge on any atom is -0.465 e. The van der Waals surface area contributed by atoms with Gasteiger partial charge in [-0.15, -0.1) is 0 Å². The fraction of sp³-hybridized carbons (Fsp3) is 0.222. The van der Waals surface area contributed by atoms with E-state index in [2.05, 4.69) is 10.1 Å². The van der Waals surface area contributed by atoms with Gasteiger partial charge in [-0.3, -0.25) is 4.90 Å². The second kappa shape index (κ2) is 7.84. The van der Waals surface area contributed by atoms with Crippen molar-refractivity contribution in [1.29, 1.82) is 0 Å². The molecule has 0 spiro atoms. The van der Waals surface area contributed by atoms with E-state index in [4.69, 9.17) is 11.6 Å². The molecule has 0 fully saturated rings. The number of anilines is 2. The summed E-state index contributed by atoms with van der Waals surface area (Å²) in [6.45, 7) is 4.34. The topological polar surface area (TPSA) is 58.6 Å². The maximum absolute atomic E-state index is 12.6. The van der Waals surface area contributed by atoms with Crippen LogP contribution in [0.15, 0.2) is 42.5 Å². The van der Waals surface area contributed by atoms with Crippen LogP contribution in [0.5, 0.6) is 0 Å². The second-order valence-corrected chi connectivity index (χ2v) is 5.61. The molecule has 1 N–H and O–H groups in total. The van der Waals surface area contributed by atoms with Gasteiger partial charge in [0.2, 0.25) is 0 Å². The van der Waals surface area contributed by atoms with Crippen LogP contribution in [0.2, 0.25) is 5.02 Å². The number of halogens is 1. The third kappa shape index (κ3) is 4.06. The van der Waals surface area contributed by atoms with E-state index in [-0.39, 0.29) is 6.03 Å². The van der Waals surface area contributed by atoms with Gasteiger partial charge in [0.05, 0.1) is 23.4 Å². The molecule has 0 bridgehead atoms.